The minimum atomic E-state index is 0.236. The van der Waals surface area contributed by atoms with Crippen molar-refractivity contribution >= 4 is 0 Å². The second kappa shape index (κ2) is 7.85. The summed E-state index contributed by atoms with van der Waals surface area (Å²) in [6.45, 7) is 10.0. The number of hydrogen-bond acceptors (Lipinski definition) is 3. The predicted octanol–water partition coefficient (Wildman–Crippen LogP) is 4.34. The molecule has 0 amide bonds. The van der Waals surface area contributed by atoms with Gasteiger partial charge in [0.1, 0.15) is 5.76 Å². The van der Waals surface area contributed by atoms with Gasteiger partial charge in [0.15, 0.2) is 11.5 Å². The molecule has 0 bridgehead atoms. The molecule has 0 aromatic rings. The van der Waals surface area contributed by atoms with E-state index in [2.05, 4.69) is 6.92 Å². The molecule has 18 heavy (non-hydrogen) atoms. The summed E-state index contributed by atoms with van der Waals surface area (Å²) >= 11 is 0. The zero-order valence-electron chi connectivity index (χ0n) is 12.6. The van der Waals surface area contributed by atoms with Gasteiger partial charge in [-0.05, 0) is 37.3 Å². The first-order valence-corrected chi connectivity index (χ1v) is 6.28. The van der Waals surface area contributed by atoms with Crippen LogP contribution < -0.4 is 0 Å². The lowest BCUT2D eigenvalue weighted by Crippen LogP contribution is -2.01. The van der Waals surface area contributed by atoms with Crippen LogP contribution in [0, 0.1) is 5.92 Å². The average Bonchev–Trinajstić information content (AvgIpc) is 2.36. The molecule has 0 saturated carbocycles. The highest BCUT2D eigenvalue weighted by Crippen LogP contribution is 2.22. The van der Waals surface area contributed by atoms with Gasteiger partial charge in [0.05, 0.1) is 14.2 Å². The van der Waals surface area contributed by atoms with Crippen LogP contribution in [0.2, 0.25) is 0 Å². The molecule has 104 valence electrons. The highest BCUT2D eigenvalue weighted by atomic mass is 16.5. The summed E-state index contributed by atoms with van der Waals surface area (Å²) in [5.41, 5.74) is 2.01. The fourth-order valence-corrected chi connectivity index (χ4v) is 1.40. The van der Waals surface area contributed by atoms with Crippen LogP contribution in [0.4, 0.5) is 0 Å². The third-order valence-corrected chi connectivity index (χ3v) is 3.10. The van der Waals surface area contributed by atoms with Crippen molar-refractivity contribution in [2.45, 2.75) is 41.0 Å². The Balaban J connectivity index is 5.52. The number of aliphatic hydroxyl groups excluding tert-OH is 1. The molecule has 0 radical (unpaired) electrons. The molecule has 0 aromatic heterocycles. The van der Waals surface area contributed by atoms with E-state index in [1.54, 1.807) is 20.3 Å². The molecule has 3 heteroatoms. The smallest absolute Gasteiger partial charge is 0.164 e. The van der Waals surface area contributed by atoms with Gasteiger partial charge in [0.25, 0.3) is 0 Å². The van der Waals surface area contributed by atoms with Crippen LogP contribution in [-0.2, 0) is 9.47 Å². The Morgan fingerprint density at radius 2 is 1.72 bits per heavy atom. The van der Waals surface area contributed by atoms with E-state index in [0.717, 1.165) is 17.6 Å². The van der Waals surface area contributed by atoms with E-state index in [4.69, 9.17) is 9.47 Å². The summed E-state index contributed by atoms with van der Waals surface area (Å²) in [4.78, 5) is 0. The molecule has 0 aromatic carbocycles. The monoisotopic (exact) mass is 254 g/mol. The van der Waals surface area contributed by atoms with Crippen molar-refractivity contribution in [1.29, 1.82) is 0 Å². The Morgan fingerprint density at radius 3 is 2.06 bits per heavy atom. The molecule has 0 saturated heterocycles. The van der Waals surface area contributed by atoms with E-state index in [-0.39, 0.29) is 5.76 Å². The van der Waals surface area contributed by atoms with Gasteiger partial charge in [-0.3, -0.25) is 0 Å². The number of rotatable bonds is 6. The van der Waals surface area contributed by atoms with Crippen LogP contribution in [0.1, 0.15) is 41.0 Å². The van der Waals surface area contributed by atoms with Crippen molar-refractivity contribution in [3.63, 3.8) is 0 Å². The van der Waals surface area contributed by atoms with Crippen molar-refractivity contribution in [2.75, 3.05) is 14.2 Å². The highest BCUT2D eigenvalue weighted by Gasteiger charge is 2.11. The molecule has 0 fully saturated rings. The van der Waals surface area contributed by atoms with Crippen LogP contribution in [0.25, 0.3) is 0 Å². The number of allylic oxidation sites excluding steroid dienone is 3. The Bertz CT molecular complexity index is 360. The highest BCUT2D eigenvalue weighted by molar-refractivity contribution is 5.32. The van der Waals surface area contributed by atoms with Gasteiger partial charge in [-0.15, -0.1) is 0 Å². The number of hydrogen-bond donors (Lipinski definition) is 1. The third kappa shape index (κ3) is 4.47. The summed E-state index contributed by atoms with van der Waals surface area (Å²) in [6, 6.07) is 0. The van der Waals surface area contributed by atoms with Crippen LogP contribution in [0.15, 0.2) is 34.5 Å². The van der Waals surface area contributed by atoms with E-state index in [1.807, 2.05) is 27.7 Å². The van der Waals surface area contributed by atoms with E-state index >= 15 is 0 Å². The van der Waals surface area contributed by atoms with Crippen LogP contribution in [0.3, 0.4) is 0 Å². The largest absolute Gasteiger partial charge is 0.508 e. The summed E-state index contributed by atoms with van der Waals surface area (Å²) in [6.07, 6.45) is 2.49. The lowest BCUT2D eigenvalue weighted by molar-refractivity contribution is 0.214. The van der Waals surface area contributed by atoms with Crippen molar-refractivity contribution in [1.82, 2.24) is 0 Å². The lowest BCUT2D eigenvalue weighted by atomic mass is 10.0. The van der Waals surface area contributed by atoms with Crippen molar-refractivity contribution < 1.29 is 14.6 Å². The van der Waals surface area contributed by atoms with Gasteiger partial charge in [-0.25, -0.2) is 0 Å². The van der Waals surface area contributed by atoms with Gasteiger partial charge in [0.2, 0.25) is 0 Å². The van der Waals surface area contributed by atoms with E-state index in [1.165, 1.54) is 0 Å². The standard InChI is InChI=1S/C15H26O3/c1-8-11(4)15(18-7)14(17-6)9-13(16)12(5)10(2)3/h9-10,16H,8H2,1-7H3/b13-12-,14-9+,15-11-. The Morgan fingerprint density at radius 1 is 1.17 bits per heavy atom. The molecule has 0 heterocycles. The van der Waals surface area contributed by atoms with Crippen molar-refractivity contribution in [3.8, 4) is 0 Å². The van der Waals surface area contributed by atoms with Gasteiger partial charge in [0, 0.05) is 6.08 Å². The topological polar surface area (TPSA) is 38.7 Å². The first-order valence-electron chi connectivity index (χ1n) is 6.28. The summed E-state index contributed by atoms with van der Waals surface area (Å²) < 4.78 is 10.7. The average molecular weight is 254 g/mol. The fraction of sp³-hybridized carbons (Fsp3) is 0.600. The molecule has 0 aliphatic rings. The molecule has 1 N–H and O–H groups in total. The lowest BCUT2D eigenvalue weighted by Gasteiger charge is -2.14. The van der Waals surface area contributed by atoms with Crippen molar-refractivity contribution in [2.24, 2.45) is 5.92 Å². The Hall–Kier alpha value is -1.38. The normalized spacial score (nSPS) is 15.2. The zero-order chi connectivity index (χ0) is 14.3. The van der Waals surface area contributed by atoms with E-state index in [9.17, 15) is 5.11 Å². The SMILES string of the molecule is CC/C(C)=C(OC)/C(=C\C(O)=C(/C)C(C)C)OC. The third-order valence-electron chi connectivity index (χ3n) is 3.10. The van der Waals surface area contributed by atoms with Gasteiger partial charge in [-0.2, -0.15) is 0 Å². The van der Waals surface area contributed by atoms with Crippen molar-refractivity contribution in [3.05, 3.63) is 34.5 Å². The van der Waals surface area contributed by atoms with Crippen LogP contribution in [0.5, 0.6) is 0 Å². The quantitative estimate of drug-likeness (QED) is 0.566. The summed E-state index contributed by atoms with van der Waals surface area (Å²) in [5.74, 6) is 1.76. The second-order valence-electron chi connectivity index (χ2n) is 4.60. The van der Waals surface area contributed by atoms with Crippen LogP contribution in [-0.4, -0.2) is 19.3 Å². The van der Waals surface area contributed by atoms with Crippen LogP contribution >= 0.6 is 0 Å². The molecule has 3 nitrogen and oxygen atoms in total. The zero-order valence-corrected chi connectivity index (χ0v) is 12.6. The first kappa shape index (κ1) is 16.6. The maximum Gasteiger partial charge on any atom is 0.164 e. The van der Waals surface area contributed by atoms with Gasteiger partial charge < -0.3 is 14.6 Å². The predicted molar refractivity (Wildman–Crippen MR) is 75.3 cm³/mol. The molecule has 0 aliphatic heterocycles. The van der Waals surface area contributed by atoms with Gasteiger partial charge in [-0.1, -0.05) is 20.8 Å². The maximum atomic E-state index is 10.0. The molecule has 0 rings (SSSR count). The summed E-state index contributed by atoms with van der Waals surface area (Å²) in [5, 5.41) is 10.0. The molecule has 0 aliphatic carbocycles. The minimum Gasteiger partial charge on any atom is -0.508 e. The Labute approximate surface area is 111 Å². The first-order chi connectivity index (χ1) is 8.38. The molecule has 0 atom stereocenters. The Kier molecular flexibility index (Phi) is 7.25. The van der Waals surface area contributed by atoms with E-state index in [0.29, 0.717) is 17.4 Å². The molecule has 0 unspecified atom stereocenters. The molecular weight excluding hydrogens is 228 g/mol. The number of ether oxygens (including phenoxy) is 2. The maximum absolute atomic E-state index is 10.0. The second-order valence-corrected chi connectivity index (χ2v) is 4.60. The molecule has 0 spiro atoms. The number of methoxy groups -OCH3 is 2. The van der Waals surface area contributed by atoms with Gasteiger partial charge >= 0.3 is 0 Å². The number of aliphatic hydroxyl groups is 1. The summed E-state index contributed by atoms with van der Waals surface area (Å²) in [7, 11) is 3.18. The minimum absolute atomic E-state index is 0.236. The van der Waals surface area contributed by atoms with E-state index < -0.39 is 0 Å². The molecular formula is C15H26O3. The fourth-order valence-electron chi connectivity index (χ4n) is 1.40.